The zero-order valence-electron chi connectivity index (χ0n) is 10.9. The van der Waals surface area contributed by atoms with Gasteiger partial charge in [0.05, 0.1) is 0 Å². The largest absolute Gasteiger partial charge is 0.314 e. The van der Waals surface area contributed by atoms with Crippen LogP contribution in [0.4, 0.5) is 0 Å². The zero-order valence-corrected chi connectivity index (χ0v) is 12.5. The fraction of sp³-hybridized carbons (Fsp3) is 1.00. The van der Waals surface area contributed by atoms with Gasteiger partial charge in [-0.2, -0.15) is 0 Å². The van der Waals surface area contributed by atoms with Crippen LogP contribution in [0.15, 0.2) is 0 Å². The van der Waals surface area contributed by atoms with Crippen molar-refractivity contribution in [2.24, 2.45) is 0 Å². The molecule has 0 bridgehead atoms. The topological polar surface area (TPSA) is 18.5 Å². The first kappa shape index (κ1) is 17.5. The minimum absolute atomic E-state index is 0. The van der Waals surface area contributed by atoms with E-state index in [9.17, 15) is 0 Å². The van der Waals surface area contributed by atoms with Crippen LogP contribution < -0.4 is 5.32 Å². The standard InChI is InChI=1S/C12H25N3.2ClH/c1-14(12-4-2-3-5-12)10-11-15-8-6-13-7-9-15;;/h12-13H,2-11H2,1H3;2*1H. The summed E-state index contributed by atoms with van der Waals surface area (Å²) in [6.07, 6.45) is 5.75. The van der Waals surface area contributed by atoms with E-state index in [1.54, 1.807) is 0 Å². The summed E-state index contributed by atoms with van der Waals surface area (Å²) in [5.74, 6) is 0. The van der Waals surface area contributed by atoms with Gasteiger partial charge in [-0.15, -0.1) is 24.8 Å². The molecule has 2 aliphatic rings. The van der Waals surface area contributed by atoms with Gasteiger partial charge >= 0.3 is 0 Å². The molecule has 0 amide bonds. The highest BCUT2D eigenvalue weighted by Gasteiger charge is 2.19. The minimum Gasteiger partial charge on any atom is -0.314 e. The molecule has 1 aliphatic carbocycles. The third kappa shape index (κ3) is 5.75. The predicted molar refractivity (Wildman–Crippen MR) is 78.7 cm³/mol. The van der Waals surface area contributed by atoms with Crippen LogP contribution in [0.3, 0.4) is 0 Å². The van der Waals surface area contributed by atoms with E-state index in [1.165, 1.54) is 65.0 Å². The van der Waals surface area contributed by atoms with Crippen LogP contribution in [0.1, 0.15) is 25.7 Å². The number of rotatable bonds is 4. The molecule has 104 valence electrons. The Kier molecular flexibility index (Phi) is 9.65. The number of hydrogen-bond donors (Lipinski definition) is 1. The number of piperazine rings is 1. The predicted octanol–water partition coefficient (Wildman–Crippen LogP) is 1.61. The van der Waals surface area contributed by atoms with Crippen molar-refractivity contribution in [2.45, 2.75) is 31.7 Å². The van der Waals surface area contributed by atoms with E-state index < -0.39 is 0 Å². The molecular weight excluding hydrogens is 257 g/mol. The van der Waals surface area contributed by atoms with Crippen molar-refractivity contribution in [3.8, 4) is 0 Å². The molecular formula is C12H27Cl2N3. The molecule has 0 aromatic carbocycles. The molecule has 1 aliphatic heterocycles. The first-order valence-electron chi connectivity index (χ1n) is 6.49. The van der Waals surface area contributed by atoms with Gasteiger partial charge in [-0.3, -0.25) is 4.90 Å². The summed E-state index contributed by atoms with van der Waals surface area (Å²) in [5, 5.41) is 3.40. The molecule has 2 rings (SSSR count). The summed E-state index contributed by atoms with van der Waals surface area (Å²) in [6.45, 7) is 7.33. The molecule has 3 nitrogen and oxygen atoms in total. The Morgan fingerprint density at radius 3 is 2.29 bits per heavy atom. The number of halogens is 2. The molecule has 1 saturated carbocycles. The Labute approximate surface area is 118 Å². The lowest BCUT2D eigenvalue weighted by Gasteiger charge is -2.31. The highest BCUT2D eigenvalue weighted by Crippen LogP contribution is 2.21. The molecule has 2 fully saturated rings. The summed E-state index contributed by atoms with van der Waals surface area (Å²) in [5.41, 5.74) is 0. The van der Waals surface area contributed by atoms with Crippen molar-refractivity contribution < 1.29 is 0 Å². The Balaban J connectivity index is 0.00000128. The van der Waals surface area contributed by atoms with E-state index in [2.05, 4.69) is 22.2 Å². The van der Waals surface area contributed by atoms with Gasteiger partial charge in [0.15, 0.2) is 0 Å². The third-order valence-corrected chi connectivity index (χ3v) is 3.93. The van der Waals surface area contributed by atoms with Crippen molar-refractivity contribution in [3.05, 3.63) is 0 Å². The first-order chi connectivity index (χ1) is 7.36. The Bertz CT molecular complexity index is 181. The lowest BCUT2D eigenvalue weighted by molar-refractivity contribution is 0.178. The van der Waals surface area contributed by atoms with Gasteiger partial charge in [0.25, 0.3) is 0 Å². The fourth-order valence-corrected chi connectivity index (χ4v) is 2.76. The maximum absolute atomic E-state index is 3.40. The van der Waals surface area contributed by atoms with E-state index in [0.717, 1.165) is 6.04 Å². The average molecular weight is 284 g/mol. The van der Waals surface area contributed by atoms with Gasteiger partial charge in [0.2, 0.25) is 0 Å². The van der Waals surface area contributed by atoms with Crippen molar-refractivity contribution in [1.82, 2.24) is 15.1 Å². The summed E-state index contributed by atoms with van der Waals surface area (Å²) in [6, 6.07) is 0.882. The van der Waals surface area contributed by atoms with Crippen LogP contribution in [-0.4, -0.2) is 62.2 Å². The van der Waals surface area contributed by atoms with Gasteiger partial charge in [0, 0.05) is 45.3 Å². The molecule has 0 radical (unpaired) electrons. The Hall–Kier alpha value is 0.460. The molecule has 1 N–H and O–H groups in total. The summed E-state index contributed by atoms with van der Waals surface area (Å²) >= 11 is 0. The third-order valence-electron chi connectivity index (χ3n) is 3.93. The molecule has 1 saturated heterocycles. The highest BCUT2D eigenvalue weighted by atomic mass is 35.5. The van der Waals surface area contributed by atoms with Gasteiger partial charge in [0.1, 0.15) is 0 Å². The van der Waals surface area contributed by atoms with Crippen LogP contribution in [0, 0.1) is 0 Å². The quantitative estimate of drug-likeness (QED) is 0.846. The van der Waals surface area contributed by atoms with Crippen LogP contribution >= 0.6 is 24.8 Å². The van der Waals surface area contributed by atoms with E-state index in [4.69, 9.17) is 0 Å². The molecule has 1 heterocycles. The molecule has 0 aromatic rings. The first-order valence-corrected chi connectivity index (χ1v) is 6.49. The lowest BCUT2D eigenvalue weighted by Crippen LogP contribution is -2.46. The SMILES string of the molecule is CN(CCN1CCNCC1)C1CCCC1.Cl.Cl. The van der Waals surface area contributed by atoms with E-state index in [1.807, 2.05) is 0 Å². The zero-order chi connectivity index (χ0) is 10.5. The van der Waals surface area contributed by atoms with Crippen LogP contribution in [0.2, 0.25) is 0 Å². The number of likely N-dealkylation sites (N-methyl/N-ethyl adjacent to an activating group) is 1. The van der Waals surface area contributed by atoms with Crippen LogP contribution in [0.5, 0.6) is 0 Å². The van der Waals surface area contributed by atoms with Gasteiger partial charge in [-0.1, -0.05) is 12.8 Å². The van der Waals surface area contributed by atoms with Gasteiger partial charge in [-0.25, -0.2) is 0 Å². The normalized spacial score (nSPS) is 22.2. The van der Waals surface area contributed by atoms with Gasteiger partial charge in [-0.05, 0) is 19.9 Å². The summed E-state index contributed by atoms with van der Waals surface area (Å²) < 4.78 is 0. The molecule has 0 unspecified atom stereocenters. The maximum Gasteiger partial charge on any atom is 0.0110 e. The molecule has 17 heavy (non-hydrogen) atoms. The minimum atomic E-state index is 0. The Morgan fingerprint density at radius 2 is 1.71 bits per heavy atom. The van der Waals surface area contributed by atoms with E-state index in [0.29, 0.717) is 0 Å². The van der Waals surface area contributed by atoms with Crippen molar-refractivity contribution in [3.63, 3.8) is 0 Å². The monoisotopic (exact) mass is 283 g/mol. The summed E-state index contributed by atoms with van der Waals surface area (Å²) in [4.78, 5) is 5.16. The van der Waals surface area contributed by atoms with Crippen molar-refractivity contribution >= 4 is 24.8 Å². The second-order valence-corrected chi connectivity index (χ2v) is 5.01. The van der Waals surface area contributed by atoms with Crippen LogP contribution in [0.25, 0.3) is 0 Å². The lowest BCUT2D eigenvalue weighted by atomic mass is 10.2. The van der Waals surface area contributed by atoms with Crippen molar-refractivity contribution in [2.75, 3.05) is 46.3 Å². The molecule has 0 atom stereocenters. The second-order valence-electron chi connectivity index (χ2n) is 5.01. The maximum atomic E-state index is 3.40. The van der Waals surface area contributed by atoms with Gasteiger partial charge < -0.3 is 10.2 Å². The molecule has 0 aromatic heterocycles. The second kappa shape index (κ2) is 9.40. The van der Waals surface area contributed by atoms with Crippen LogP contribution in [-0.2, 0) is 0 Å². The highest BCUT2D eigenvalue weighted by molar-refractivity contribution is 5.85. The number of nitrogens with one attached hydrogen (secondary N) is 1. The molecule has 0 spiro atoms. The molecule has 5 heteroatoms. The van der Waals surface area contributed by atoms with E-state index in [-0.39, 0.29) is 24.8 Å². The Morgan fingerprint density at radius 1 is 1.12 bits per heavy atom. The number of nitrogens with zero attached hydrogens (tertiary/aromatic N) is 2. The van der Waals surface area contributed by atoms with Crippen molar-refractivity contribution in [1.29, 1.82) is 0 Å². The average Bonchev–Trinajstić information content (AvgIpc) is 2.81. The summed E-state index contributed by atoms with van der Waals surface area (Å²) in [7, 11) is 2.30. The number of hydrogen-bond acceptors (Lipinski definition) is 3. The van der Waals surface area contributed by atoms with E-state index >= 15 is 0 Å². The smallest absolute Gasteiger partial charge is 0.0110 e. The fourth-order valence-electron chi connectivity index (χ4n) is 2.76.